The summed E-state index contributed by atoms with van der Waals surface area (Å²) in [6.45, 7) is 5.56. The smallest absolute Gasteiger partial charge is 0.305 e. The third kappa shape index (κ3) is 6.06. The van der Waals surface area contributed by atoms with Crippen molar-refractivity contribution in [2.24, 2.45) is 17.3 Å². The Morgan fingerprint density at radius 3 is 2.65 bits per heavy atom. The van der Waals surface area contributed by atoms with Gasteiger partial charge in [0, 0.05) is 18.3 Å². The molecule has 1 fully saturated rings. The van der Waals surface area contributed by atoms with Crippen molar-refractivity contribution in [1.82, 2.24) is 0 Å². The van der Waals surface area contributed by atoms with Crippen LogP contribution in [0.5, 0.6) is 0 Å². The van der Waals surface area contributed by atoms with Gasteiger partial charge in [-0.15, -0.1) is 0 Å². The van der Waals surface area contributed by atoms with Gasteiger partial charge >= 0.3 is 5.97 Å². The molecular weight excluding hydrogens is 332 g/mol. The summed E-state index contributed by atoms with van der Waals surface area (Å²) in [5.41, 5.74) is -0.784. The van der Waals surface area contributed by atoms with Crippen LogP contribution in [0.2, 0.25) is 0 Å². The number of Topliss-reactive ketones (excluding diaryl/α,β-unsaturated/α-hetero) is 1. The van der Waals surface area contributed by atoms with Gasteiger partial charge in [-0.2, -0.15) is 0 Å². The molecule has 0 amide bonds. The van der Waals surface area contributed by atoms with E-state index in [1.165, 1.54) is 7.11 Å². The summed E-state index contributed by atoms with van der Waals surface area (Å²) < 4.78 is 4.60. The van der Waals surface area contributed by atoms with Crippen LogP contribution in [-0.4, -0.2) is 41.3 Å². The molecular formula is C21H34O5. The summed E-state index contributed by atoms with van der Waals surface area (Å²) in [4.78, 5) is 23.8. The van der Waals surface area contributed by atoms with Crippen LogP contribution in [0.1, 0.15) is 59.3 Å². The Hall–Kier alpha value is -1.46. The number of hydrogen-bond donors (Lipinski definition) is 2. The zero-order chi connectivity index (χ0) is 19.7. The van der Waals surface area contributed by atoms with Crippen LogP contribution >= 0.6 is 0 Å². The van der Waals surface area contributed by atoms with E-state index < -0.39 is 17.6 Å². The molecule has 1 aliphatic rings. The molecule has 0 heterocycles. The number of esters is 1. The molecule has 4 atom stereocenters. The Labute approximate surface area is 157 Å². The Morgan fingerprint density at radius 1 is 1.35 bits per heavy atom. The highest BCUT2D eigenvalue weighted by Gasteiger charge is 2.52. The van der Waals surface area contributed by atoms with Crippen molar-refractivity contribution in [2.75, 3.05) is 7.11 Å². The fourth-order valence-electron chi connectivity index (χ4n) is 3.48. The lowest BCUT2D eigenvalue weighted by atomic mass is 9.86. The van der Waals surface area contributed by atoms with Gasteiger partial charge in [-0.3, -0.25) is 9.59 Å². The van der Waals surface area contributed by atoms with Crippen LogP contribution in [0.15, 0.2) is 24.3 Å². The lowest BCUT2D eigenvalue weighted by Gasteiger charge is -2.22. The van der Waals surface area contributed by atoms with E-state index in [9.17, 15) is 19.8 Å². The normalized spacial score (nSPS) is 26.7. The molecule has 0 aromatic heterocycles. The van der Waals surface area contributed by atoms with Gasteiger partial charge in [0.05, 0.1) is 24.7 Å². The largest absolute Gasteiger partial charge is 0.469 e. The molecule has 0 aromatic rings. The number of ketones is 1. The number of ether oxygens (including phenoxy) is 1. The summed E-state index contributed by atoms with van der Waals surface area (Å²) in [5, 5.41) is 20.5. The number of carbonyl (C=O) groups excluding carboxylic acids is 2. The second kappa shape index (κ2) is 10.6. The van der Waals surface area contributed by atoms with E-state index in [1.807, 2.05) is 25.2 Å². The fraction of sp³-hybridized carbons (Fsp3) is 0.714. The SMILES string of the molecule is CCCC(O)C=CC1C(CC=CCCCC(=O)OC)C(=O)C(C)(C)C1O. The molecule has 0 aromatic carbocycles. The molecule has 0 radical (unpaired) electrons. The molecule has 2 N–H and O–H groups in total. The Kier molecular flexibility index (Phi) is 9.23. The predicted molar refractivity (Wildman–Crippen MR) is 101 cm³/mol. The third-order valence-electron chi connectivity index (χ3n) is 5.22. The van der Waals surface area contributed by atoms with Crippen molar-refractivity contribution in [3.8, 4) is 0 Å². The molecule has 0 spiro atoms. The van der Waals surface area contributed by atoms with Crippen LogP contribution in [-0.2, 0) is 14.3 Å². The van der Waals surface area contributed by atoms with E-state index in [4.69, 9.17) is 0 Å². The highest BCUT2D eigenvalue weighted by molar-refractivity contribution is 5.90. The van der Waals surface area contributed by atoms with Gasteiger partial charge in [0.15, 0.2) is 0 Å². The standard InChI is InChI=1S/C21H34O5/c1-5-10-15(22)13-14-17-16(19(24)21(2,3)20(17)25)11-8-6-7-9-12-18(23)26-4/h6,8,13-17,20,22,25H,5,7,9-12H2,1-4H3. The number of hydrogen-bond acceptors (Lipinski definition) is 5. The van der Waals surface area contributed by atoms with E-state index in [0.717, 1.165) is 12.8 Å². The van der Waals surface area contributed by atoms with Gasteiger partial charge in [0.25, 0.3) is 0 Å². The van der Waals surface area contributed by atoms with Crippen LogP contribution < -0.4 is 0 Å². The monoisotopic (exact) mass is 366 g/mol. The van der Waals surface area contributed by atoms with Crippen molar-refractivity contribution in [1.29, 1.82) is 0 Å². The second-order valence-corrected chi connectivity index (χ2v) is 7.63. The molecule has 1 saturated carbocycles. The van der Waals surface area contributed by atoms with E-state index in [1.54, 1.807) is 19.9 Å². The molecule has 26 heavy (non-hydrogen) atoms. The van der Waals surface area contributed by atoms with Gasteiger partial charge < -0.3 is 14.9 Å². The zero-order valence-electron chi connectivity index (χ0n) is 16.5. The van der Waals surface area contributed by atoms with Crippen molar-refractivity contribution in [2.45, 2.75) is 71.5 Å². The average molecular weight is 366 g/mol. The van der Waals surface area contributed by atoms with E-state index in [2.05, 4.69) is 4.74 Å². The fourth-order valence-corrected chi connectivity index (χ4v) is 3.48. The minimum Gasteiger partial charge on any atom is -0.469 e. The summed E-state index contributed by atoms with van der Waals surface area (Å²) in [7, 11) is 1.38. The van der Waals surface area contributed by atoms with Crippen LogP contribution in [0, 0.1) is 17.3 Å². The van der Waals surface area contributed by atoms with Gasteiger partial charge in [-0.05, 0) is 25.7 Å². The van der Waals surface area contributed by atoms with Crippen LogP contribution in [0.4, 0.5) is 0 Å². The first-order chi connectivity index (χ1) is 12.3. The molecule has 1 rings (SSSR count). The lowest BCUT2D eigenvalue weighted by Crippen LogP contribution is -2.31. The third-order valence-corrected chi connectivity index (χ3v) is 5.22. The number of rotatable bonds is 10. The molecule has 0 saturated heterocycles. The minimum atomic E-state index is -0.784. The van der Waals surface area contributed by atoms with E-state index in [-0.39, 0.29) is 23.6 Å². The molecule has 148 valence electrons. The maximum atomic E-state index is 12.7. The van der Waals surface area contributed by atoms with Gasteiger partial charge in [0.1, 0.15) is 5.78 Å². The number of allylic oxidation sites excluding steroid dienone is 2. The molecule has 0 bridgehead atoms. The maximum absolute atomic E-state index is 12.7. The predicted octanol–water partition coefficient (Wildman–Crippen LogP) is 3.20. The number of unbranched alkanes of at least 4 members (excludes halogenated alkanes) is 1. The first-order valence-electron chi connectivity index (χ1n) is 9.56. The summed E-state index contributed by atoms with van der Waals surface area (Å²) in [6, 6.07) is 0. The first kappa shape index (κ1) is 22.6. The Balaban J connectivity index is 2.68. The second-order valence-electron chi connectivity index (χ2n) is 7.63. The summed E-state index contributed by atoms with van der Waals surface area (Å²) in [6.07, 6.45) is 10.1. The first-order valence-corrected chi connectivity index (χ1v) is 9.56. The van der Waals surface area contributed by atoms with Gasteiger partial charge in [-0.25, -0.2) is 0 Å². The maximum Gasteiger partial charge on any atom is 0.305 e. The van der Waals surface area contributed by atoms with Crippen molar-refractivity contribution >= 4 is 11.8 Å². The number of carbonyl (C=O) groups is 2. The molecule has 5 heteroatoms. The van der Waals surface area contributed by atoms with Crippen molar-refractivity contribution < 1.29 is 24.5 Å². The molecule has 4 unspecified atom stereocenters. The quantitative estimate of drug-likeness (QED) is 0.352. The van der Waals surface area contributed by atoms with Crippen molar-refractivity contribution in [3.05, 3.63) is 24.3 Å². The van der Waals surface area contributed by atoms with E-state index >= 15 is 0 Å². The summed E-state index contributed by atoms with van der Waals surface area (Å²) in [5.74, 6) is -0.736. The number of aliphatic hydroxyl groups is 2. The molecule has 1 aliphatic carbocycles. The summed E-state index contributed by atoms with van der Waals surface area (Å²) >= 11 is 0. The van der Waals surface area contributed by atoms with Crippen LogP contribution in [0.25, 0.3) is 0 Å². The van der Waals surface area contributed by atoms with E-state index in [0.29, 0.717) is 25.7 Å². The molecule has 5 nitrogen and oxygen atoms in total. The number of aliphatic hydroxyl groups excluding tert-OH is 2. The highest BCUT2D eigenvalue weighted by atomic mass is 16.5. The Bertz CT molecular complexity index is 520. The Morgan fingerprint density at radius 2 is 2.04 bits per heavy atom. The van der Waals surface area contributed by atoms with Crippen molar-refractivity contribution in [3.63, 3.8) is 0 Å². The lowest BCUT2D eigenvalue weighted by molar-refractivity contribution is -0.140. The average Bonchev–Trinajstić information content (AvgIpc) is 2.76. The minimum absolute atomic E-state index is 0.0591. The molecule has 0 aliphatic heterocycles. The van der Waals surface area contributed by atoms with Crippen LogP contribution in [0.3, 0.4) is 0 Å². The van der Waals surface area contributed by atoms with Gasteiger partial charge in [0.2, 0.25) is 0 Å². The zero-order valence-corrected chi connectivity index (χ0v) is 16.5. The topological polar surface area (TPSA) is 83.8 Å². The number of methoxy groups -OCH3 is 1. The highest BCUT2D eigenvalue weighted by Crippen LogP contribution is 2.44. The van der Waals surface area contributed by atoms with Gasteiger partial charge in [-0.1, -0.05) is 51.5 Å².